The average molecular weight is 654 g/mol. The van der Waals surface area contributed by atoms with Crippen molar-refractivity contribution in [2.75, 3.05) is 16.8 Å². The second-order valence-corrected chi connectivity index (χ2v) is 12.9. The molecule has 0 radical (unpaired) electrons. The van der Waals surface area contributed by atoms with Gasteiger partial charge in [0.05, 0.1) is 28.5 Å². The van der Waals surface area contributed by atoms with Crippen LogP contribution in [0.25, 0.3) is 71.8 Å². The molecule has 0 aliphatic carbocycles. The largest absolute Gasteiger partial charge is 0.380 e. The maximum absolute atomic E-state index is 5.45. The van der Waals surface area contributed by atoms with E-state index in [1.165, 1.54) is 26.9 Å². The fourth-order valence-electron chi connectivity index (χ4n) is 7.55. The Morgan fingerprint density at radius 1 is 0.529 bits per heavy atom. The molecule has 1 aliphatic heterocycles. The second-order valence-electron chi connectivity index (χ2n) is 12.9. The summed E-state index contributed by atoms with van der Waals surface area (Å²) in [7, 11) is 0. The molecule has 2 aromatic heterocycles. The van der Waals surface area contributed by atoms with Crippen molar-refractivity contribution >= 4 is 55.1 Å². The van der Waals surface area contributed by atoms with Gasteiger partial charge in [0.1, 0.15) is 0 Å². The third kappa shape index (κ3) is 4.98. The first-order valence-corrected chi connectivity index (χ1v) is 17.2. The molecule has 240 valence electrons. The molecule has 0 spiro atoms. The Morgan fingerprint density at radius 3 is 2.10 bits per heavy atom. The van der Waals surface area contributed by atoms with Crippen LogP contribution in [0.15, 0.2) is 170 Å². The van der Waals surface area contributed by atoms with Crippen molar-refractivity contribution in [2.45, 2.75) is 0 Å². The van der Waals surface area contributed by atoms with Gasteiger partial charge in [0.15, 0.2) is 5.82 Å². The zero-order valence-corrected chi connectivity index (χ0v) is 27.7. The van der Waals surface area contributed by atoms with Gasteiger partial charge in [0.25, 0.3) is 0 Å². The van der Waals surface area contributed by atoms with E-state index in [9.17, 15) is 0 Å². The van der Waals surface area contributed by atoms with Gasteiger partial charge in [0, 0.05) is 35.8 Å². The summed E-state index contributed by atoms with van der Waals surface area (Å²) in [6.07, 6.45) is 5.90. The summed E-state index contributed by atoms with van der Waals surface area (Å²) < 4.78 is 0. The second kappa shape index (κ2) is 11.9. The van der Waals surface area contributed by atoms with E-state index in [0.717, 1.165) is 61.8 Å². The predicted octanol–water partition coefficient (Wildman–Crippen LogP) is 11.4. The monoisotopic (exact) mass is 653 g/mol. The number of hydrogen-bond donors (Lipinski definition) is 1. The molecule has 7 aromatic carbocycles. The lowest BCUT2D eigenvalue weighted by Crippen LogP contribution is -2.16. The van der Waals surface area contributed by atoms with Gasteiger partial charge in [-0.25, -0.2) is 9.97 Å². The van der Waals surface area contributed by atoms with Crippen molar-refractivity contribution in [1.82, 2.24) is 15.0 Å². The van der Waals surface area contributed by atoms with Crippen molar-refractivity contribution in [2.24, 2.45) is 0 Å². The summed E-state index contributed by atoms with van der Waals surface area (Å²) in [5, 5.41) is 11.0. The summed E-state index contributed by atoms with van der Waals surface area (Å²) in [5.74, 6) is 0.689. The van der Waals surface area contributed by atoms with Crippen molar-refractivity contribution < 1.29 is 0 Å². The third-order valence-electron chi connectivity index (χ3n) is 9.92. The first-order chi connectivity index (χ1) is 25.3. The number of anilines is 3. The van der Waals surface area contributed by atoms with Crippen LogP contribution in [-0.4, -0.2) is 21.5 Å². The van der Waals surface area contributed by atoms with Crippen molar-refractivity contribution in [1.29, 1.82) is 0 Å². The number of aromatic nitrogens is 3. The van der Waals surface area contributed by atoms with Gasteiger partial charge in [-0.15, -0.1) is 0 Å². The zero-order valence-electron chi connectivity index (χ0n) is 27.7. The first-order valence-electron chi connectivity index (χ1n) is 17.2. The number of nitrogens with one attached hydrogen (secondary N) is 1. The first kappa shape index (κ1) is 29.1. The van der Waals surface area contributed by atoms with Crippen LogP contribution < -0.4 is 10.2 Å². The Labute approximate surface area is 295 Å². The lowest BCUT2D eigenvalue weighted by molar-refractivity contribution is 1.14. The maximum Gasteiger partial charge on any atom is 0.161 e. The number of pyridine rings is 1. The van der Waals surface area contributed by atoms with Gasteiger partial charge < -0.3 is 10.2 Å². The molecule has 0 bridgehead atoms. The minimum absolute atomic E-state index is 0.653. The van der Waals surface area contributed by atoms with E-state index in [4.69, 9.17) is 9.97 Å². The molecule has 1 aliphatic rings. The summed E-state index contributed by atoms with van der Waals surface area (Å²) in [6.45, 7) is 0.653. The Hall–Kier alpha value is -6.85. The number of rotatable bonds is 5. The van der Waals surface area contributed by atoms with E-state index < -0.39 is 0 Å². The average Bonchev–Trinajstić information content (AvgIpc) is 3.40. The smallest absolute Gasteiger partial charge is 0.161 e. The Morgan fingerprint density at radius 2 is 1.24 bits per heavy atom. The molecule has 0 atom stereocenters. The highest BCUT2D eigenvalue weighted by Gasteiger charge is 2.24. The number of hydrogen-bond acceptors (Lipinski definition) is 5. The molecule has 1 N–H and O–H groups in total. The van der Waals surface area contributed by atoms with Crippen molar-refractivity contribution in [3.8, 4) is 33.8 Å². The number of para-hydroxylation sites is 3. The molecule has 5 nitrogen and oxygen atoms in total. The third-order valence-corrected chi connectivity index (χ3v) is 9.92. The van der Waals surface area contributed by atoms with Crippen molar-refractivity contribution in [3.63, 3.8) is 0 Å². The summed E-state index contributed by atoms with van der Waals surface area (Å²) in [6, 6.07) is 53.6. The van der Waals surface area contributed by atoms with Crippen LogP contribution in [0.5, 0.6) is 0 Å². The highest BCUT2D eigenvalue weighted by molar-refractivity contribution is 6.25. The van der Waals surface area contributed by atoms with Gasteiger partial charge in [-0.05, 0) is 104 Å². The van der Waals surface area contributed by atoms with Crippen LogP contribution in [0.4, 0.5) is 17.1 Å². The summed E-state index contributed by atoms with van der Waals surface area (Å²) in [5.41, 5.74) is 10.1. The standard InChI is InChI=1S/C46H31N5/c1-2-12-36(13-3-1)51-42-15-5-4-14-39(42)48-27-24-43(51)41-29-40(35-11-7-10-34(28-35)30-22-25-47-26-23-30)49-46(50-41)38-21-19-33-17-16-31-8-6-9-32-18-20-37(38)45(33)44(31)32/h1-26,28-29,48H,27H2. The van der Waals surface area contributed by atoms with Crippen molar-refractivity contribution in [3.05, 3.63) is 176 Å². The van der Waals surface area contributed by atoms with Crippen LogP contribution >= 0.6 is 0 Å². The highest BCUT2D eigenvalue weighted by atomic mass is 15.2. The van der Waals surface area contributed by atoms with E-state index in [-0.39, 0.29) is 0 Å². The number of nitrogens with zero attached hydrogens (tertiary/aromatic N) is 4. The van der Waals surface area contributed by atoms with E-state index >= 15 is 0 Å². The lowest BCUT2D eigenvalue weighted by atomic mass is 9.91. The van der Waals surface area contributed by atoms with Gasteiger partial charge >= 0.3 is 0 Å². The molecular formula is C46H31N5. The molecule has 5 heteroatoms. The molecule has 0 amide bonds. The van der Waals surface area contributed by atoms with E-state index in [1.807, 2.05) is 24.5 Å². The molecule has 9 aromatic rings. The van der Waals surface area contributed by atoms with Gasteiger partial charge in [-0.3, -0.25) is 4.98 Å². The predicted molar refractivity (Wildman–Crippen MR) is 211 cm³/mol. The Kier molecular flexibility index (Phi) is 6.81. The van der Waals surface area contributed by atoms with E-state index in [2.05, 4.69) is 161 Å². The zero-order chi connectivity index (χ0) is 33.7. The molecule has 0 fully saturated rings. The fourth-order valence-corrected chi connectivity index (χ4v) is 7.55. The fraction of sp³-hybridized carbons (Fsp3) is 0.0217. The summed E-state index contributed by atoms with van der Waals surface area (Å²) >= 11 is 0. The Balaban J connectivity index is 1.23. The molecule has 0 saturated heterocycles. The number of fused-ring (bicyclic) bond motifs is 1. The Bertz CT molecular complexity index is 2740. The van der Waals surface area contributed by atoms with Gasteiger partial charge in [-0.1, -0.05) is 97.1 Å². The summed E-state index contributed by atoms with van der Waals surface area (Å²) in [4.78, 5) is 17.4. The SMILES string of the molecule is C1=C(c2cc(-c3cccc(-c4ccncc4)c3)nc(-c3ccc4ccc5cccc6ccc3c4c56)n2)N(c2ccccc2)c2ccccc2NC1. The molecular weight excluding hydrogens is 623 g/mol. The molecule has 0 unspecified atom stereocenters. The van der Waals surface area contributed by atoms with Crippen LogP contribution in [0.3, 0.4) is 0 Å². The molecule has 0 saturated carbocycles. The minimum Gasteiger partial charge on any atom is -0.380 e. The normalized spacial score (nSPS) is 12.9. The minimum atomic E-state index is 0.653. The van der Waals surface area contributed by atoms with Crippen LogP contribution in [-0.2, 0) is 0 Å². The quantitative estimate of drug-likeness (QED) is 0.187. The maximum atomic E-state index is 5.45. The van der Waals surface area contributed by atoms with Crippen LogP contribution in [0, 0.1) is 0 Å². The van der Waals surface area contributed by atoms with E-state index in [0.29, 0.717) is 12.4 Å². The van der Waals surface area contributed by atoms with E-state index in [1.54, 1.807) is 0 Å². The number of benzene rings is 7. The lowest BCUT2D eigenvalue weighted by Gasteiger charge is -2.28. The highest BCUT2D eigenvalue weighted by Crippen LogP contribution is 2.43. The topological polar surface area (TPSA) is 53.9 Å². The molecule has 51 heavy (non-hydrogen) atoms. The van der Waals surface area contributed by atoms with Crippen LogP contribution in [0.1, 0.15) is 5.69 Å². The van der Waals surface area contributed by atoms with Gasteiger partial charge in [-0.2, -0.15) is 0 Å². The molecule has 10 rings (SSSR count). The molecule has 3 heterocycles. The van der Waals surface area contributed by atoms with Crippen LogP contribution in [0.2, 0.25) is 0 Å². The van der Waals surface area contributed by atoms with Gasteiger partial charge in [0.2, 0.25) is 0 Å².